The summed E-state index contributed by atoms with van der Waals surface area (Å²) in [4.78, 5) is 12.3. The van der Waals surface area contributed by atoms with E-state index in [1.165, 1.54) is 0 Å². The van der Waals surface area contributed by atoms with Crippen LogP contribution in [0.25, 0.3) is 0 Å². The van der Waals surface area contributed by atoms with Gasteiger partial charge in [0.1, 0.15) is 6.04 Å². The number of anilines is 1. The van der Waals surface area contributed by atoms with Crippen molar-refractivity contribution in [2.24, 2.45) is 0 Å². The molecule has 0 aliphatic heterocycles. The molecule has 1 rings (SSSR count). The molecule has 0 bridgehead atoms. The van der Waals surface area contributed by atoms with Gasteiger partial charge in [-0.1, -0.05) is 18.5 Å². The lowest BCUT2D eigenvalue weighted by Gasteiger charge is -2.30. The van der Waals surface area contributed by atoms with Crippen LogP contribution in [0, 0.1) is 0 Å². The van der Waals surface area contributed by atoms with Crippen molar-refractivity contribution >= 4 is 33.2 Å². The molecule has 0 saturated heterocycles. The maximum absolute atomic E-state index is 12.3. The van der Waals surface area contributed by atoms with Gasteiger partial charge in [0.15, 0.2) is 0 Å². The minimum atomic E-state index is -3.59. The summed E-state index contributed by atoms with van der Waals surface area (Å²) < 4.78 is 25.4. The summed E-state index contributed by atoms with van der Waals surface area (Å²) in [6, 6.07) is 5.54. The Balaban J connectivity index is 3.23. The van der Waals surface area contributed by atoms with E-state index in [1.54, 1.807) is 31.2 Å². The second-order valence-electron chi connectivity index (χ2n) is 5.12. The Hall–Kier alpha value is -1.27. The first kappa shape index (κ1) is 17.8. The van der Waals surface area contributed by atoms with Gasteiger partial charge in [-0.05, 0) is 44.5 Å². The molecule has 1 unspecified atom stereocenters. The van der Waals surface area contributed by atoms with Crippen LogP contribution >= 0.6 is 11.6 Å². The van der Waals surface area contributed by atoms with Crippen molar-refractivity contribution in [3.8, 4) is 0 Å². The molecular formula is C14H21ClN2O3S. The Morgan fingerprint density at radius 3 is 2.19 bits per heavy atom. The summed E-state index contributed by atoms with van der Waals surface area (Å²) in [5.41, 5.74) is 0.424. The first-order valence-electron chi connectivity index (χ1n) is 6.72. The maximum Gasteiger partial charge on any atom is 0.244 e. The number of sulfonamides is 1. The van der Waals surface area contributed by atoms with Gasteiger partial charge in [-0.15, -0.1) is 0 Å². The van der Waals surface area contributed by atoms with Crippen molar-refractivity contribution in [3.63, 3.8) is 0 Å². The number of amides is 1. The van der Waals surface area contributed by atoms with Crippen molar-refractivity contribution in [2.75, 3.05) is 10.6 Å². The lowest BCUT2D eigenvalue weighted by atomic mass is 10.2. The van der Waals surface area contributed by atoms with Crippen molar-refractivity contribution in [2.45, 2.75) is 39.3 Å². The largest absolute Gasteiger partial charge is 0.352 e. The fourth-order valence-electron chi connectivity index (χ4n) is 2.03. The lowest BCUT2D eigenvalue weighted by molar-refractivity contribution is -0.122. The monoisotopic (exact) mass is 332 g/mol. The fourth-order valence-corrected chi connectivity index (χ4v) is 3.37. The Morgan fingerprint density at radius 2 is 1.81 bits per heavy atom. The smallest absolute Gasteiger partial charge is 0.244 e. The summed E-state index contributed by atoms with van der Waals surface area (Å²) in [5.74, 6) is -0.312. The van der Waals surface area contributed by atoms with Gasteiger partial charge in [0.2, 0.25) is 15.9 Å². The molecule has 5 nitrogen and oxygen atoms in total. The summed E-state index contributed by atoms with van der Waals surface area (Å²) in [6.07, 6.45) is 1.46. The number of hydrogen-bond acceptors (Lipinski definition) is 3. The maximum atomic E-state index is 12.3. The van der Waals surface area contributed by atoms with Crippen molar-refractivity contribution in [1.82, 2.24) is 5.32 Å². The van der Waals surface area contributed by atoms with Crippen LogP contribution in [0.1, 0.15) is 27.2 Å². The SMILES string of the molecule is CCC(C(=O)NC(C)C)N(c1ccc(Cl)cc1)S(C)(=O)=O. The molecule has 0 aromatic heterocycles. The average Bonchev–Trinajstić information content (AvgIpc) is 2.34. The third-order valence-corrected chi connectivity index (χ3v) is 4.27. The van der Waals surface area contributed by atoms with E-state index in [0.29, 0.717) is 17.1 Å². The number of nitrogens with zero attached hydrogens (tertiary/aromatic N) is 1. The summed E-state index contributed by atoms with van der Waals surface area (Å²) in [6.45, 7) is 5.44. The van der Waals surface area contributed by atoms with E-state index in [9.17, 15) is 13.2 Å². The number of benzene rings is 1. The third-order valence-electron chi connectivity index (χ3n) is 2.84. The van der Waals surface area contributed by atoms with Crippen molar-refractivity contribution in [3.05, 3.63) is 29.3 Å². The second kappa shape index (κ2) is 7.13. The van der Waals surface area contributed by atoms with E-state index in [-0.39, 0.29) is 11.9 Å². The van der Waals surface area contributed by atoms with Crippen LogP contribution in [-0.4, -0.2) is 32.7 Å². The van der Waals surface area contributed by atoms with Crippen molar-refractivity contribution in [1.29, 1.82) is 0 Å². The topological polar surface area (TPSA) is 66.5 Å². The van der Waals surface area contributed by atoms with E-state index in [4.69, 9.17) is 11.6 Å². The van der Waals surface area contributed by atoms with Gasteiger partial charge in [-0.3, -0.25) is 9.10 Å². The molecule has 1 aromatic rings. The standard InChI is InChI=1S/C14H21ClN2O3S/c1-5-13(14(18)16-10(2)3)17(21(4,19)20)12-8-6-11(15)7-9-12/h6-10,13H,5H2,1-4H3,(H,16,18). The quantitative estimate of drug-likeness (QED) is 0.870. The minimum absolute atomic E-state index is 0.0572. The molecular weight excluding hydrogens is 312 g/mol. The summed E-state index contributed by atoms with van der Waals surface area (Å²) in [5, 5.41) is 3.26. The molecule has 1 amide bonds. The highest BCUT2D eigenvalue weighted by atomic mass is 35.5. The summed E-state index contributed by atoms with van der Waals surface area (Å²) in [7, 11) is -3.59. The zero-order chi connectivity index (χ0) is 16.2. The molecule has 0 aliphatic carbocycles. The van der Waals surface area contributed by atoms with E-state index in [0.717, 1.165) is 10.6 Å². The highest BCUT2D eigenvalue weighted by molar-refractivity contribution is 7.92. The number of hydrogen-bond donors (Lipinski definition) is 1. The molecule has 0 saturated carbocycles. The van der Waals surface area contributed by atoms with Crippen LogP contribution in [0.3, 0.4) is 0 Å². The molecule has 0 radical (unpaired) electrons. The second-order valence-corrected chi connectivity index (χ2v) is 7.42. The Labute approximate surface area is 131 Å². The fraction of sp³-hybridized carbons (Fsp3) is 0.500. The molecule has 0 aliphatic rings. The van der Waals surface area contributed by atoms with Gasteiger partial charge in [0, 0.05) is 11.1 Å². The van der Waals surface area contributed by atoms with Gasteiger partial charge in [-0.25, -0.2) is 8.42 Å². The van der Waals surface area contributed by atoms with Crippen LogP contribution < -0.4 is 9.62 Å². The minimum Gasteiger partial charge on any atom is -0.352 e. The zero-order valence-electron chi connectivity index (χ0n) is 12.6. The number of carbonyl (C=O) groups is 1. The van der Waals surface area contributed by atoms with Crippen LogP contribution in [0.5, 0.6) is 0 Å². The zero-order valence-corrected chi connectivity index (χ0v) is 14.2. The van der Waals surface area contributed by atoms with Gasteiger partial charge in [-0.2, -0.15) is 0 Å². The summed E-state index contributed by atoms with van der Waals surface area (Å²) >= 11 is 5.83. The van der Waals surface area contributed by atoms with Crippen LogP contribution in [0.2, 0.25) is 5.02 Å². The molecule has 7 heteroatoms. The molecule has 0 heterocycles. The average molecular weight is 333 g/mol. The van der Waals surface area contributed by atoms with Crippen LogP contribution in [0.4, 0.5) is 5.69 Å². The van der Waals surface area contributed by atoms with Gasteiger partial charge >= 0.3 is 0 Å². The molecule has 0 spiro atoms. The highest BCUT2D eigenvalue weighted by Crippen LogP contribution is 2.24. The number of halogens is 1. The molecule has 21 heavy (non-hydrogen) atoms. The van der Waals surface area contributed by atoms with Crippen molar-refractivity contribution < 1.29 is 13.2 Å². The van der Waals surface area contributed by atoms with Crippen LogP contribution in [-0.2, 0) is 14.8 Å². The normalized spacial score (nSPS) is 13.0. The Bertz CT molecular complexity index is 585. The van der Waals surface area contributed by atoms with Gasteiger partial charge in [0.05, 0.1) is 11.9 Å². The first-order chi connectivity index (χ1) is 9.66. The number of rotatable bonds is 6. The first-order valence-corrected chi connectivity index (χ1v) is 8.94. The molecule has 1 atom stereocenters. The van der Waals surface area contributed by atoms with Crippen LogP contribution in [0.15, 0.2) is 24.3 Å². The lowest BCUT2D eigenvalue weighted by Crippen LogP contribution is -2.50. The molecule has 1 aromatic carbocycles. The molecule has 0 fully saturated rings. The van der Waals surface area contributed by atoms with E-state index in [1.807, 2.05) is 13.8 Å². The molecule has 118 valence electrons. The van der Waals surface area contributed by atoms with Gasteiger partial charge in [0.25, 0.3) is 0 Å². The predicted molar refractivity (Wildman–Crippen MR) is 86.1 cm³/mol. The number of nitrogens with one attached hydrogen (secondary N) is 1. The Kier molecular flexibility index (Phi) is 6.04. The van der Waals surface area contributed by atoms with E-state index < -0.39 is 16.1 Å². The Morgan fingerprint density at radius 1 is 1.29 bits per heavy atom. The van der Waals surface area contributed by atoms with E-state index >= 15 is 0 Å². The predicted octanol–water partition coefficient (Wildman–Crippen LogP) is 2.41. The van der Waals surface area contributed by atoms with Gasteiger partial charge < -0.3 is 5.32 Å². The highest BCUT2D eigenvalue weighted by Gasteiger charge is 2.31. The molecule has 1 N–H and O–H groups in total. The number of carbonyl (C=O) groups excluding carboxylic acids is 1. The third kappa shape index (κ3) is 4.89. The van der Waals surface area contributed by atoms with E-state index in [2.05, 4.69) is 5.32 Å².